The molecule has 0 bridgehead atoms. The molecule has 23 heavy (non-hydrogen) atoms. The lowest BCUT2D eigenvalue weighted by Crippen LogP contribution is -2.21. The van der Waals surface area contributed by atoms with Crippen LogP contribution in [0.3, 0.4) is 0 Å². The summed E-state index contributed by atoms with van der Waals surface area (Å²) in [5.41, 5.74) is 3.32. The Morgan fingerprint density at radius 1 is 1.35 bits per heavy atom. The Bertz CT molecular complexity index is 678. The topological polar surface area (TPSA) is 68.3 Å². The fraction of sp³-hybridized carbons (Fsp3) is 0.625. The maximum absolute atomic E-state index is 9.75. The first-order valence-corrected chi connectivity index (χ1v) is 7.91. The molecule has 0 aromatic carbocycles. The quantitative estimate of drug-likeness (QED) is 0.878. The highest BCUT2D eigenvalue weighted by Gasteiger charge is 2.35. The molecule has 0 aliphatic carbocycles. The highest BCUT2D eigenvalue weighted by Crippen LogP contribution is 2.34. The van der Waals surface area contributed by atoms with E-state index in [0.717, 1.165) is 36.8 Å². The van der Waals surface area contributed by atoms with Gasteiger partial charge in [0, 0.05) is 58.4 Å². The van der Waals surface area contributed by atoms with Crippen molar-refractivity contribution in [2.24, 2.45) is 20.0 Å². The van der Waals surface area contributed by atoms with E-state index in [2.05, 4.69) is 15.1 Å². The number of aromatic nitrogens is 4. The number of hydrogen-bond donors (Lipinski definition) is 1. The maximum atomic E-state index is 9.75. The van der Waals surface area contributed by atoms with E-state index in [1.54, 1.807) is 11.8 Å². The summed E-state index contributed by atoms with van der Waals surface area (Å²) in [4.78, 5) is 2.37. The van der Waals surface area contributed by atoms with Crippen LogP contribution in [0.1, 0.15) is 22.7 Å². The van der Waals surface area contributed by atoms with E-state index >= 15 is 0 Å². The molecule has 126 valence electrons. The number of aliphatic hydroxyl groups excluding tert-OH is 1. The van der Waals surface area contributed by atoms with Crippen LogP contribution in [-0.4, -0.2) is 56.4 Å². The molecule has 0 unspecified atom stereocenters. The highest BCUT2D eigenvalue weighted by atomic mass is 16.5. The molecule has 0 spiro atoms. The standard InChI is InChI=1S/C16H25N5O2/c1-11-14(16(23-4)20(3)18-11)8-21-7-13(10-22)15(9-21)12-5-17-19(2)6-12/h5-6,13,15,22H,7-10H2,1-4H3/t13-,15-/m0/s1. The van der Waals surface area contributed by atoms with Crippen LogP contribution in [-0.2, 0) is 20.6 Å². The van der Waals surface area contributed by atoms with Crippen LogP contribution in [0.2, 0.25) is 0 Å². The number of rotatable bonds is 5. The number of ether oxygens (including phenoxy) is 1. The van der Waals surface area contributed by atoms with Crippen molar-refractivity contribution >= 4 is 0 Å². The molecule has 3 heterocycles. The van der Waals surface area contributed by atoms with Crippen molar-refractivity contribution in [3.63, 3.8) is 0 Å². The first-order chi connectivity index (χ1) is 11.0. The lowest BCUT2D eigenvalue weighted by Gasteiger charge is -2.16. The van der Waals surface area contributed by atoms with Crippen molar-refractivity contribution in [2.45, 2.75) is 19.4 Å². The van der Waals surface area contributed by atoms with Gasteiger partial charge in [-0.1, -0.05) is 0 Å². The van der Waals surface area contributed by atoms with Gasteiger partial charge in [0.25, 0.3) is 0 Å². The second-order valence-corrected chi connectivity index (χ2v) is 6.39. The molecule has 1 aliphatic rings. The normalized spacial score (nSPS) is 22.0. The highest BCUT2D eigenvalue weighted by molar-refractivity contribution is 5.31. The number of likely N-dealkylation sites (tertiary alicyclic amines) is 1. The molecule has 2 aromatic heterocycles. The van der Waals surface area contributed by atoms with Crippen LogP contribution in [0, 0.1) is 12.8 Å². The second-order valence-electron chi connectivity index (χ2n) is 6.39. The largest absolute Gasteiger partial charge is 0.481 e. The number of methoxy groups -OCH3 is 1. The summed E-state index contributed by atoms with van der Waals surface area (Å²) in [7, 11) is 5.50. The number of hydrogen-bond acceptors (Lipinski definition) is 5. The molecule has 7 heteroatoms. The van der Waals surface area contributed by atoms with E-state index in [-0.39, 0.29) is 12.5 Å². The SMILES string of the molecule is COc1c(CN2C[C@@H](CO)[C@H](c3cnn(C)c3)C2)c(C)nn1C. The molecule has 0 radical (unpaired) electrons. The second kappa shape index (κ2) is 6.33. The minimum Gasteiger partial charge on any atom is -0.481 e. The summed E-state index contributed by atoms with van der Waals surface area (Å²) >= 11 is 0. The summed E-state index contributed by atoms with van der Waals surface area (Å²) in [5.74, 6) is 1.37. The van der Waals surface area contributed by atoms with Crippen molar-refractivity contribution in [3.8, 4) is 5.88 Å². The molecule has 1 aliphatic heterocycles. The van der Waals surface area contributed by atoms with Crippen LogP contribution in [0.5, 0.6) is 5.88 Å². The van der Waals surface area contributed by atoms with Crippen LogP contribution < -0.4 is 4.74 Å². The van der Waals surface area contributed by atoms with E-state index in [0.29, 0.717) is 5.92 Å². The predicted octanol–water partition coefficient (Wildman–Crippen LogP) is 0.679. The first kappa shape index (κ1) is 16.0. The summed E-state index contributed by atoms with van der Waals surface area (Å²) in [5, 5.41) is 18.5. The number of nitrogens with zero attached hydrogens (tertiary/aromatic N) is 5. The van der Waals surface area contributed by atoms with Gasteiger partial charge in [0.1, 0.15) is 0 Å². The minimum atomic E-state index is 0.194. The van der Waals surface area contributed by atoms with Crippen LogP contribution in [0.15, 0.2) is 12.4 Å². The van der Waals surface area contributed by atoms with E-state index < -0.39 is 0 Å². The van der Waals surface area contributed by atoms with Crippen LogP contribution >= 0.6 is 0 Å². The monoisotopic (exact) mass is 319 g/mol. The predicted molar refractivity (Wildman–Crippen MR) is 86.3 cm³/mol. The van der Waals surface area contributed by atoms with Gasteiger partial charge >= 0.3 is 0 Å². The van der Waals surface area contributed by atoms with Gasteiger partial charge in [-0.05, 0) is 12.5 Å². The fourth-order valence-corrected chi connectivity index (χ4v) is 3.63. The molecular formula is C16H25N5O2. The zero-order chi connectivity index (χ0) is 16.6. The van der Waals surface area contributed by atoms with Gasteiger partial charge in [0.2, 0.25) is 5.88 Å². The van der Waals surface area contributed by atoms with Gasteiger partial charge in [-0.3, -0.25) is 9.58 Å². The van der Waals surface area contributed by atoms with Gasteiger partial charge < -0.3 is 9.84 Å². The molecule has 0 saturated carbocycles. The third-order valence-electron chi connectivity index (χ3n) is 4.77. The molecule has 0 amide bonds. The van der Waals surface area contributed by atoms with E-state index in [9.17, 15) is 5.11 Å². The molecular weight excluding hydrogens is 294 g/mol. The third-order valence-corrected chi connectivity index (χ3v) is 4.77. The van der Waals surface area contributed by atoms with E-state index in [1.807, 2.05) is 38.1 Å². The summed E-state index contributed by atoms with van der Waals surface area (Å²) in [6.07, 6.45) is 3.96. The van der Waals surface area contributed by atoms with Crippen molar-refractivity contribution in [1.82, 2.24) is 24.5 Å². The lowest BCUT2D eigenvalue weighted by atomic mass is 9.92. The van der Waals surface area contributed by atoms with Crippen LogP contribution in [0.25, 0.3) is 0 Å². The average Bonchev–Trinajstić information content (AvgIpc) is 3.18. The summed E-state index contributed by atoms with van der Waals surface area (Å²) < 4.78 is 9.09. The Labute approximate surface area is 136 Å². The van der Waals surface area contributed by atoms with Crippen molar-refractivity contribution in [3.05, 3.63) is 29.2 Å². The van der Waals surface area contributed by atoms with Gasteiger partial charge in [-0.15, -0.1) is 0 Å². The molecule has 1 fully saturated rings. The average molecular weight is 319 g/mol. The zero-order valence-electron chi connectivity index (χ0n) is 14.2. The number of aliphatic hydroxyl groups is 1. The fourth-order valence-electron chi connectivity index (χ4n) is 3.63. The summed E-state index contributed by atoms with van der Waals surface area (Å²) in [6.45, 7) is 4.77. The number of aryl methyl sites for hydroxylation is 3. The molecule has 1 N–H and O–H groups in total. The van der Waals surface area contributed by atoms with Crippen molar-refractivity contribution in [1.29, 1.82) is 0 Å². The molecule has 3 rings (SSSR count). The van der Waals surface area contributed by atoms with E-state index in [4.69, 9.17) is 4.74 Å². The Morgan fingerprint density at radius 2 is 2.13 bits per heavy atom. The maximum Gasteiger partial charge on any atom is 0.216 e. The van der Waals surface area contributed by atoms with Gasteiger partial charge in [0.05, 0.1) is 24.6 Å². The Balaban J connectivity index is 1.78. The molecule has 2 aromatic rings. The summed E-state index contributed by atoms with van der Waals surface area (Å²) in [6, 6.07) is 0. The molecule has 7 nitrogen and oxygen atoms in total. The molecule has 2 atom stereocenters. The first-order valence-electron chi connectivity index (χ1n) is 7.91. The zero-order valence-corrected chi connectivity index (χ0v) is 14.2. The molecule has 1 saturated heterocycles. The third kappa shape index (κ3) is 2.98. The lowest BCUT2D eigenvalue weighted by molar-refractivity contribution is 0.213. The van der Waals surface area contributed by atoms with Crippen LogP contribution in [0.4, 0.5) is 0 Å². The van der Waals surface area contributed by atoms with Crippen molar-refractivity contribution in [2.75, 3.05) is 26.8 Å². The smallest absolute Gasteiger partial charge is 0.216 e. The Kier molecular flexibility index (Phi) is 4.41. The van der Waals surface area contributed by atoms with E-state index in [1.165, 1.54) is 5.56 Å². The van der Waals surface area contributed by atoms with Gasteiger partial charge in [-0.25, -0.2) is 4.68 Å². The van der Waals surface area contributed by atoms with Gasteiger partial charge in [0.15, 0.2) is 0 Å². The Morgan fingerprint density at radius 3 is 2.74 bits per heavy atom. The Hall–Kier alpha value is -1.86. The minimum absolute atomic E-state index is 0.194. The van der Waals surface area contributed by atoms with Crippen molar-refractivity contribution < 1.29 is 9.84 Å². The van der Waals surface area contributed by atoms with Gasteiger partial charge in [-0.2, -0.15) is 10.2 Å².